The fraction of sp³-hybridized carbons (Fsp3) is 0.0833. The van der Waals surface area contributed by atoms with Gasteiger partial charge in [-0.15, -0.1) is 0 Å². The molecule has 0 saturated heterocycles. The Labute approximate surface area is 103 Å². The van der Waals surface area contributed by atoms with Gasteiger partial charge in [-0.2, -0.15) is 0 Å². The highest BCUT2D eigenvalue weighted by Gasteiger charge is 2.07. The molecule has 18 heavy (non-hydrogen) atoms. The summed E-state index contributed by atoms with van der Waals surface area (Å²) in [6.45, 7) is 0. The lowest BCUT2D eigenvalue weighted by molar-refractivity contribution is 0.0600. The molecule has 0 radical (unpaired) electrons. The van der Waals surface area contributed by atoms with E-state index < -0.39 is 5.97 Å². The van der Waals surface area contributed by atoms with E-state index in [4.69, 9.17) is 10.5 Å². The van der Waals surface area contributed by atoms with Crippen molar-refractivity contribution in [1.29, 1.82) is 0 Å². The number of pyridine rings is 2. The largest absolute Gasteiger partial charge is 0.465 e. The second-order valence-corrected chi connectivity index (χ2v) is 3.42. The number of ether oxygens (including phenoxy) is 2. The third-order valence-electron chi connectivity index (χ3n) is 2.13. The number of esters is 1. The predicted octanol–water partition coefficient (Wildman–Crippen LogP) is 1.64. The van der Waals surface area contributed by atoms with Crippen LogP contribution in [-0.2, 0) is 4.74 Å². The van der Waals surface area contributed by atoms with Gasteiger partial charge in [0.2, 0.25) is 0 Å². The molecule has 0 aliphatic heterocycles. The fourth-order valence-electron chi connectivity index (χ4n) is 1.29. The van der Waals surface area contributed by atoms with E-state index in [-0.39, 0.29) is 0 Å². The van der Waals surface area contributed by atoms with Crippen molar-refractivity contribution in [3.63, 3.8) is 0 Å². The van der Waals surface area contributed by atoms with Crippen LogP contribution in [0.3, 0.4) is 0 Å². The van der Waals surface area contributed by atoms with Crippen molar-refractivity contribution < 1.29 is 14.3 Å². The Morgan fingerprint density at radius 3 is 2.72 bits per heavy atom. The van der Waals surface area contributed by atoms with Crippen LogP contribution < -0.4 is 10.5 Å². The maximum atomic E-state index is 11.3. The Bertz CT molecular complexity index is 555. The number of rotatable bonds is 3. The lowest BCUT2D eigenvalue weighted by atomic mass is 10.3. The van der Waals surface area contributed by atoms with Crippen molar-refractivity contribution in [2.45, 2.75) is 0 Å². The van der Waals surface area contributed by atoms with E-state index in [1.807, 2.05) is 0 Å². The number of nitrogens with zero attached hydrogens (tertiary/aromatic N) is 2. The molecule has 6 nitrogen and oxygen atoms in total. The molecule has 0 amide bonds. The van der Waals surface area contributed by atoms with Crippen LogP contribution in [0, 0.1) is 0 Å². The Kier molecular flexibility index (Phi) is 3.38. The fourth-order valence-corrected chi connectivity index (χ4v) is 1.29. The van der Waals surface area contributed by atoms with Crippen LogP contribution in [0.15, 0.2) is 36.8 Å². The molecule has 2 rings (SSSR count). The first-order chi connectivity index (χ1) is 8.69. The van der Waals surface area contributed by atoms with Crippen LogP contribution >= 0.6 is 0 Å². The molecule has 2 aromatic heterocycles. The maximum Gasteiger partial charge on any atom is 0.339 e. The zero-order valence-corrected chi connectivity index (χ0v) is 9.66. The van der Waals surface area contributed by atoms with Crippen molar-refractivity contribution in [1.82, 2.24) is 9.97 Å². The van der Waals surface area contributed by atoms with Crippen molar-refractivity contribution in [3.05, 3.63) is 42.4 Å². The van der Waals surface area contributed by atoms with Gasteiger partial charge in [-0.05, 0) is 18.2 Å². The van der Waals surface area contributed by atoms with Crippen molar-refractivity contribution >= 4 is 11.8 Å². The second kappa shape index (κ2) is 5.13. The van der Waals surface area contributed by atoms with Crippen LogP contribution in [0.25, 0.3) is 0 Å². The molecule has 0 spiro atoms. The summed E-state index contributed by atoms with van der Waals surface area (Å²) in [7, 11) is 1.31. The van der Waals surface area contributed by atoms with E-state index in [2.05, 4.69) is 14.7 Å². The summed E-state index contributed by atoms with van der Waals surface area (Å²) in [5.41, 5.74) is 5.78. The van der Waals surface area contributed by atoms with E-state index in [0.29, 0.717) is 22.9 Å². The zero-order chi connectivity index (χ0) is 13.0. The first-order valence-electron chi connectivity index (χ1n) is 5.12. The van der Waals surface area contributed by atoms with Crippen molar-refractivity contribution in [2.75, 3.05) is 12.8 Å². The molecule has 6 heteroatoms. The zero-order valence-electron chi connectivity index (χ0n) is 9.66. The molecular formula is C12H11N3O3. The minimum absolute atomic E-state index is 0.318. The van der Waals surface area contributed by atoms with Crippen molar-refractivity contribution in [2.24, 2.45) is 0 Å². The monoisotopic (exact) mass is 245 g/mol. The van der Waals surface area contributed by atoms with Gasteiger partial charge in [-0.1, -0.05) is 0 Å². The summed E-state index contributed by atoms with van der Waals surface area (Å²) >= 11 is 0. The standard InChI is InChI=1S/C12H11N3O3/c1-17-12(16)8-4-10(6-14-5-8)18-9-2-3-11(13)15-7-9/h2-7H,1H3,(H2,13,15). The van der Waals surface area contributed by atoms with Gasteiger partial charge >= 0.3 is 5.97 Å². The van der Waals surface area contributed by atoms with E-state index in [0.717, 1.165) is 0 Å². The number of anilines is 1. The molecule has 0 fully saturated rings. The second-order valence-electron chi connectivity index (χ2n) is 3.42. The van der Waals surface area contributed by atoms with Gasteiger partial charge < -0.3 is 15.2 Å². The van der Waals surface area contributed by atoms with Crippen molar-refractivity contribution in [3.8, 4) is 11.5 Å². The third kappa shape index (κ3) is 2.73. The quantitative estimate of drug-likeness (QED) is 0.827. The van der Waals surface area contributed by atoms with Gasteiger partial charge in [0.1, 0.15) is 17.3 Å². The topological polar surface area (TPSA) is 87.3 Å². The van der Waals surface area contributed by atoms with Crippen LogP contribution in [0.5, 0.6) is 11.5 Å². The highest BCUT2D eigenvalue weighted by atomic mass is 16.5. The van der Waals surface area contributed by atoms with Gasteiger partial charge in [0.05, 0.1) is 25.1 Å². The number of hydrogen-bond donors (Lipinski definition) is 1. The van der Waals surface area contributed by atoms with Crippen LogP contribution in [-0.4, -0.2) is 23.0 Å². The summed E-state index contributed by atoms with van der Waals surface area (Å²) in [4.78, 5) is 19.1. The summed E-state index contributed by atoms with van der Waals surface area (Å²) < 4.78 is 10.1. The predicted molar refractivity (Wildman–Crippen MR) is 64.3 cm³/mol. The lowest BCUT2D eigenvalue weighted by Gasteiger charge is -2.06. The highest BCUT2D eigenvalue weighted by molar-refractivity contribution is 5.89. The summed E-state index contributed by atoms with van der Waals surface area (Å²) in [5.74, 6) is 0.865. The molecule has 0 bridgehead atoms. The number of nitrogen functional groups attached to an aromatic ring is 1. The van der Waals surface area contributed by atoms with E-state index in [1.165, 1.54) is 31.8 Å². The first kappa shape index (κ1) is 11.8. The molecule has 2 N–H and O–H groups in total. The van der Waals surface area contributed by atoms with E-state index in [9.17, 15) is 4.79 Å². The average molecular weight is 245 g/mol. The lowest BCUT2D eigenvalue weighted by Crippen LogP contribution is -2.02. The Hall–Kier alpha value is -2.63. The van der Waals surface area contributed by atoms with Gasteiger partial charge in [-0.3, -0.25) is 4.98 Å². The smallest absolute Gasteiger partial charge is 0.339 e. The molecule has 0 saturated carbocycles. The number of carbonyl (C=O) groups excluding carboxylic acids is 1. The van der Waals surface area contributed by atoms with Gasteiger partial charge in [0, 0.05) is 6.20 Å². The minimum atomic E-state index is -0.469. The highest BCUT2D eigenvalue weighted by Crippen LogP contribution is 2.21. The summed E-state index contributed by atoms with van der Waals surface area (Å²) in [5, 5.41) is 0. The van der Waals surface area contributed by atoms with Crippen LogP contribution in [0.2, 0.25) is 0 Å². The molecule has 2 heterocycles. The average Bonchev–Trinajstić information content (AvgIpc) is 2.41. The maximum absolute atomic E-state index is 11.3. The number of methoxy groups -OCH3 is 1. The number of carbonyl (C=O) groups is 1. The normalized spacial score (nSPS) is 9.83. The molecule has 0 unspecified atom stereocenters. The van der Waals surface area contributed by atoms with E-state index >= 15 is 0 Å². The first-order valence-corrected chi connectivity index (χ1v) is 5.12. The van der Waals surface area contributed by atoms with Gasteiger partial charge in [0.25, 0.3) is 0 Å². The molecule has 2 aromatic rings. The Morgan fingerprint density at radius 2 is 2.06 bits per heavy atom. The number of hydrogen-bond acceptors (Lipinski definition) is 6. The summed E-state index contributed by atoms with van der Waals surface area (Å²) in [6.07, 6.45) is 4.38. The molecule has 0 aliphatic carbocycles. The molecule has 0 atom stereocenters. The Morgan fingerprint density at radius 1 is 1.22 bits per heavy atom. The molecule has 92 valence electrons. The minimum Gasteiger partial charge on any atom is -0.465 e. The van der Waals surface area contributed by atoms with Crippen LogP contribution in [0.4, 0.5) is 5.82 Å². The van der Waals surface area contributed by atoms with E-state index in [1.54, 1.807) is 12.1 Å². The Balaban J connectivity index is 2.19. The van der Waals surface area contributed by atoms with Crippen LogP contribution in [0.1, 0.15) is 10.4 Å². The number of nitrogens with two attached hydrogens (primary N) is 1. The molecule has 0 aliphatic rings. The van der Waals surface area contributed by atoms with Gasteiger partial charge in [0.15, 0.2) is 0 Å². The molecular weight excluding hydrogens is 234 g/mol. The summed E-state index contributed by atoms with van der Waals surface area (Å²) in [6, 6.07) is 4.83. The van der Waals surface area contributed by atoms with Gasteiger partial charge in [-0.25, -0.2) is 9.78 Å². The molecule has 0 aromatic carbocycles. The number of aromatic nitrogens is 2. The SMILES string of the molecule is COC(=O)c1cncc(Oc2ccc(N)nc2)c1. The third-order valence-corrected chi connectivity index (χ3v) is 2.13.